The van der Waals surface area contributed by atoms with Crippen LogP contribution < -0.4 is 0 Å². The summed E-state index contributed by atoms with van der Waals surface area (Å²) in [4.78, 5) is 4.04. The lowest BCUT2D eigenvalue weighted by Crippen LogP contribution is -2.49. The van der Waals surface area contributed by atoms with Crippen LogP contribution in [-0.2, 0) is 4.74 Å². The van der Waals surface area contributed by atoms with Gasteiger partial charge in [-0.1, -0.05) is 5.16 Å². The number of oxime groups is 1. The summed E-state index contributed by atoms with van der Waals surface area (Å²) >= 11 is 0. The molecule has 0 amide bonds. The Bertz CT molecular complexity index is 352. The van der Waals surface area contributed by atoms with Crippen LogP contribution in [0.1, 0.15) is 27.2 Å². The molecule has 0 aromatic heterocycles. The molecule has 5 heteroatoms. The highest BCUT2D eigenvalue weighted by Gasteiger charge is 2.32. The van der Waals surface area contributed by atoms with Gasteiger partial charge in [0.25, 0.3) is 0 Å². The quantitative estimate of drug-likeness (QED) is 0.265. The first-order valence-corrected chi connectivity index (χ1v) is 5.92. The molecule has 0 saturated heterocycles. The molecule has 1 heterocycles. The van der Waals surface area contributed by atoms with Gasteiger partial charge in [-0.25, -0.2) is 0 Å². The molecule has 0 bridgehead atoms. The van der Waals surface area contributed by atoms with Crippen LogP contribution in [0.5, 0.6) is 0 Å². The SMILES string of the molecule is C#CCCOCN1C=CN(C(C)(C)C)C1/C=N\O. The van der Waals surface area contributed by atoms with E-state index in [1.54, 1.807) is 0 Å². The summed E-state index contributed by atoms with van der Waals surface area (Å²) in [5, 5.41) is 11.9. The first-order valence-electron chi connectivity index (χ1n) is 5.92. The summed E-state index contributed by atoms with van der Waals surface area (Å²) in [6, 6.07) is 0. The Labute approximate surface area is 109 Å². The van der Waals surface area contributed by atoms with Gasteiger partial charge in [-0.05, 0) is 20.8 Å². The van der Waals surface area contributed by atoms with Gasteiger partial charge in [-0.2, -0.15) is 0 Å². The molecular weight excluding hydrogens is 230 g/mol. The third-order valence-corrected chi connectivity index (χ3v) is 2.65. The Kier molecular flexibility index (Phi) is 5.05. The van der Waals surface area contributed by atoms with Crippen LogP contribution in [0.4, 0.5) is 0 Å². The van der Waals surface area contributed by atoms with E-state index in [1.165, 1.54) is 6.21 Å². The van der Waals surface area contributed by atoms with Crippen LogP contribution in [0.25, 0.3) is 0 Å². The van der Waals surface area contributed by atoms with Crippen LogP contribution in [0.3, 0.4) is 0 Å². The Balaban J connectivity index is 2.59. The molecule has 100 valence electrons. The molecule has 1 N–H and O–H groups in total. The first kappa shape index (κ1) is 14.4. The summed E-state index contributed by atoms with van der Waals surface area (Å²) in [7, 11) is 0. The van der Waals surface area contributed by atoms with Gasteiger partial charge in [-0.15, -0.1) is 12.3 Å². The summed E-state index contributed by atoms with van der Waals surface area (Å²) in [5.74, 6) is 2.52. The molecule has 1 atom stereocenters. The largest absolute Gasteiger partial charge is 0.411 e. The van der Waals surface area contributed by atoms with Crippen LogP contribution in [0, 0.1) is 12.3 Å². The second kappa shape index (κ2) is 6.31. The molecule has 0 radical (unpaired) electrons. The fourth-order valence-corrected chi connectivity index (χ4v) is 1.75. The molecule has 1 aliphatic heterocycles. The van der Waals surface area contributed by atoms with Gasteiger partial charge in [0.1, 0.15) is 12.9 Å². The van der Waals surface area contributed by atoms with Gasteiger partial charge in [0, 0.05) is 24.4 Å². The molecule has 0 saturated carbocycles. The van der Waals surface area contributed by atoms with Crippen LogP contribution >= 0.6 is 0 Å². The van der Waals surface area contributed by atoms with E-state index in [-0.39, 0.29) is 11.7 Å². The topological polar surface area (TPSA) is 48.3 Å². The van der Waals surface area contributed by atoms with Crippen molar-refractivity contribution in [3.05, 3.63) is 12.4 Å². The van der Waals surface area contributed by atoms with Crippen LogP contribution in [0.15, 0.2) is 17.6 Å². The molecular formula is C13H21N3O2. The maximum absolute atomic E-state index is 8.76. The number of terminal acetylenes is 1. The van der Waals surface area contributed by atoms with Crippen molar-refractivity contribution >= 4 is 6.21 Å². The lowest BCUT2D eigenvalue weighted by atomic mass is 10.1. The van der Waals surface area contributed by atoms with Crippen LogP contribution in [-0.4, -0.2) is 46.3 Å². The molecule has 18 heavy (non-hydrogen) atoms. The maximum atomic E-state index is 8.76. The van der Waals surface area contributed by atoms with Crippen molar-refractivity contribution in [1.29, 1.82) is 0 Å². The number of ether oxygens (including phenoxy) is 1. The van der Waals surface area contributed by atoms with Crippen molar-refractivity contribution in [2.24, 2.45) is 5.16 Å². The van der Waals surface area contributed by atoms with Crippen molar-refractivity contribution in [3.8, 4) is 12.3 Å². The van der Waals surface area contributed by atoms with Gasteiger partial charge in [0.05, 0.1) is 12.8 Å². The fraction of sp³-hybridized carbons (Fsp3) is 0.615. The van der Waals surface area contributed by atoms with Crippen molar-refractivity contribution in [2.75, 3.05) is 13.3 Å². The highest BCUT2D eigenvalue weighted by molar-refractivity contribution is 5.64. The minimum atomic E-state index is -0.138. The summed E-state index contributed by atoms with van der Waals surface area (Å²) < 4.78 is 5.46. The number of hydrogen-bond donors (Lipinski definition) is 1. The average molecular weight is 251 g/mol. The zero-order chi connectivity index (χ0) is 13.6. The summed E-state index contributed by atoms with van der Waals surface area (Å²) in [5.41, 5.74) is -0.0596. The number of hydrogen-bond acceptors (Lipinski definition) is 5. The number of rotatable bonds is 5. The highest BCUT2D eigenvalue weighted by atomic mass is 16.5. The lowest BCUT2D eigenvalue weighted by Gasteiger charge is -2.38. The Hall–Kier alpha value is -1.67. The number of nitrogens with zero attached hydrogens (tertiary/aromatic N) is 3. The summed E-state index contributed by atoms with van der Waals surface area (Å²) in [6.45, 7) is 7.23. The molecule has 0 spiro atoms. The van der Waals surface area contributed by atoms with E-state index in [0.29, 0.717) is 19.8 Å². The van der Waals surface area contributed by atoms with Gasteiger partial charge in [0.2, 0.25) is 0 Å². The van der Waals surface area contributed by atoms with Crippen molar-refractivity contribution in [3.63, 3.8) is 0 Å². The third kappa shape index (κ3) is 3.67. The third-order valence-electron chi connectivity index (χ3n) is 2.65. The van der Waals surface area contributed by atoms with E-state index in [0.717, 1.165) is 0 Å². The van der Waals surface area contributed by atoms with Crippen molar-refractivity contribution in [2.45, 2.75) is 38.9 Å². The molecule has 5 nitrogen and oxygen atoms in total. The second-order valence-electron chi connectivity index (χ2n) is 5.06. The Morgan fingerprint density at radius 3 is 2.78 bits per heavy atom. The van der Waals surface area contributed by atoms with E-state index < -0.39 is 0 Å². The molecule has 0 aliphatic carbocycles. The zero-order valence-electron chi connectivity index (χ0n) is 11.2. The molecule has 0 fully saturated rings. The van der Waals surface area contributed by atoms with Crippen LogP contribution in [0.2, 0.25) is 0 Å². The lowest BCUT2D eigenvalue weighted by molar-refractivity contribution is 0.0183. The first-order chi connectivity index (χ1) is 8.50. The molecule has 1 unspecified atom stereocenters. The predicted octanol–water partition coefficient (Wildman–Crippen LogP) is 1.66. The highest BCUT2D eigenvalue weighted by Crippen LogP contribution is 2.24. The van der Waals surface area contributed by atoms with Gasteiger partial charge in [0.15, 0.2) is 0 Å². The normalized spacial score (nSPS) is 19.8. The minimum Gasteiger partial charge on any atom is -0.411 e. The van der Waals surface area contributed by atoms with Crippen molar-refractivity contribution < 1.29 is 9.94 Å². The Morgan fingerprint density at radius 1 is 1.50 bits per heavy atom. The van der Waals surface area contributed by atoms with Gasteiger partial charge < -0.3 is 19.7 Å². The smallest absolute Gasteiger partial charge is 0.143 e. The fourth-order valence-electron chi connectivity index (χ4n) is 1.75. The van der Waals surface area contributed by atoms with E-state index in [4.69, 9.17) is 16.4 Å². The standard InChI is InChI=1S/C13H21N3O2/c1-5-6-9-18-11-15-7-8-16(13(2,3)4)12(15)10-14-17/h1,7-8,10,12,17H,6,9,11H2,2-4H3/b14-10-. The Morgan fingerprint density at radius 2 is 2.22 bits per heavy atom. The van der Waals surface area contributed by atoms with E-state index >= 15 is 0 Å². The maximum Gasteiger partial charge on any atom is 0.143 e. The minimum absolute atomic E-state index is 0.0596. The monoisotopic (exact) mass is 251 g/mol. The predicted molar refractivity (Wildman–Crippen MR) is 70.9 cm³/mol. The molecule has 1 aliphatic rings. The van der Waals surface area contributed by atoms with E-state index in [1.807, 2.05) is 17.3 Å². The van der Waals surface area contributed by atoms with E-state index in [2.05, 4.69) is 36.7 Å². The molecule has 0 aromatic carbocycles. The second-order valence-corrected chi connectivity index (χ2v) is 5.06. The van der Waals surface area contributed by atoms with Crippen molar-refractivity contribution in [1.82, 2.24) is 9.80 Å². The van der Waals surface area contributed by atoms with Gasteiger partial charge in [-0.3, -0.25) is 0 Å². The summed E-state index contributed by atoms with van der Waals surface area (Å²) in [6.07, 6.45) is 11.0. The molecule has 1 rings (SSSR count). The van der Waals surface area contributed by atoms with E-state index in [9.17, 15) is 0 Å². The molecule has 0 aromatic rings. The van der Waals surface area contributed by atoms with Gasteiger partial charge >= 0.3 is 0 Å². The average Bonchev–Trinajstić information content (AvgIpc) is 2.68. The zero-order valence-corrected chi connectivity index (χ0v) is 11.2.